The zero-order valence-corrected chi connectivity index (χ0v) is 13.9. The van der Waals surface area contributed by atoms with Crippen molar-refractivity contribution in [1.82, 2.24) is 5.32 Å². The van der Waals surface area contributed by atoms with Crippen LogP contribution in [0.4, 0.5) is 11.4 Å². The average molecular weight is 333 g/mol. The summed E-state index contributed by atoms with van der Waals surface area (Å²) >= 11 is 3.67. The molecule has 0 aliphatic heterocycles. The SMILES string of the molecule is CCN(c1cccc(C)c1)c1ccc(CNC)c(Br)c1. The molecule has 20 heavy (non-hydrogen) atoms. The van der Waals surface area contributed by atoms with E-state index >= 15 is 0 Å². The number of anilines is 2. The van der Waals surface area contributed by atoms with E-state index in [2.05, 4.69) is 82.5 Å². The molecule has 3 heteroatoms. The first kappa shape index (κ1) is 15.1. The molecule has 0 radical (unpaired) electrons. The molecule has 0 aromatic heterocycles. The van der Waals surface area contributed by atoms with Crippen molar-refractivity contribution in [2.45, 2.75) is 20.4 Å². The Bertz CT molecular complexity index is 581. The molecule has 0 unspecified atom stereocenters. The molecule has 0 spiro atoms. The molecular formula is C17H21BrN2. The van der Waals surface area contributed by atoms with Crippen LogP contribution in [0, 0.1) is 6.92 Å². The smallest absolute Gasteiger partial charge is 0.0422 e. The molecule has 1 N–H and O–H groups in total. The third kappa shape index (κ3) is 3.41. The Morgan fingerprint density at radius 2 is 1.85 bits per heavy atom. The van der Waals surface area contributed by atoms with E-state index in [1.165, 1.54) is 22.5 Å². The van der Waals surface area contributed by atoms with E-state index < -0.39 is 0 Å². The van der Waals surface area contributed by atoms with Gasteiger partial charge in [-0.3, -0.25) is 0 Å². The molecule has 0 aliphatic rings. The zero-order chi connectivity index (χ0) is 14.5. The molecule has 0 fully saturated rings. The Morgan fingerprint density at radius 1 is 1.10 bits per heavy atom. The van der Waals surface area contributed by atoms with Gasteiger partial charge in [-0.2, -0.15) is 0 Å². The van der Waals surface area contributed by atoms with Crippen molar-refractivity contribution in [2.75, 3.05) is 18.5 Å². The van der Waals surface area contributed by atoms with Crippen molar-refractivity contribution in [3.63, 3.8) is 0 Å². The lowest BCUT2D eigenvalue weighted by atomic mass is 10.1. The second-order valence-corrected chi connectivity index (χ2v) is 5.74. The molecule has 0 heterocycles. The molecule has 0 atom stereocenters. The predicted octanol–water partition coefficient (Wildman–Crippen LogP) is 4.63. The van der Waals surface area contributed by atoms with Crippen molar-refractivity contribution < 1.29 is 0 Å². The Hall–Kier alpha value is -1.32. The lowest BCUT2D eigenvalue weighted by Crippen LogP contribution is -2.16. The largest absolute Gasteiger partial charge is 0.342 e. The van der Waals surface area contributed by atoms with Crippen LogP contribution >= 0.6 is 15.9 Å². The first-order chi connectivity index (χ1) is 9.65. The second kappa shape index (κ2) is 6.91. The van der Waals surface area contributed by atoms with Crippen LogP contribution in [0.2, 0.25) is 0 Å². The minimum absolute atomic E-state index is 0.872. The van der Waals surface area contributed by atoms with Gasteiger partial charge in [-0.05, 0) is 56.3 Å². The first-order valence-electron chi connectivity index (χ1n) is 6.93. The van der Waals surface area contributed by atoms with E-state index in [1.807, 2.05) is 7.05 Å². The highest BCUT2D eigenvalue weighted by atomic mass is 79.9. The van der Waals surface area contributed by atoms with Crippen molar-refractivity contribution in [2.24, 2.45) is 0 Å². The topological polar surface area (TPSA) is 15.3 Å². The molecule has 2 nitrogen and oxygen atoms in total. The number of aryl methyl sites for hydroxylation is 1. The standard InChI is InChI=1S/C17H21BrN2/c1-4-20(15-7-5-6-13(2)10-15)16-9-8-14(12-19-3)17(18)11-16/h5-11,19H,4,12H2,1-3H3. The predicted molar refractivity (Wildman–Crippen MR) is 90.8 cm³/mol. The van der Waals surface area contributed by atoms with Crippen LogP contribution in [0.25, 0.3) is 0 Å². The zero-order valence-electron chi connectivity index (χ0n) is 12.3. The third-order valence-corrected chi connectivity index (χ3v) is 4.08. The summed E-state index contributed by atoms with van der Waals surface area (Å²) in [4.78, 5) is 2.32. The number of hydrogen-bond acceptors (Lipinski definition) is 2. The van der Waals surface area contributed by atoms with Crippen LogP contribution < -0.4 is 10.2 Å². The highest BCUT2D eigenvalue weighted by Crippen LogP contribution is 2.29. The number of halogens is 1. The normalized spacial score (nSPS) is 10.6. The van der Waals surface area contributed by atoms with Crippen LogP contribution in [-0.2, 0) is 6.54 Å². The van der Waals surface area contributed by atoms with Crippen LogP contribution in [-0.4, -0.2) is 13.6 Å². The van der Waals surface area contributed by atoms with E-state index in [1.54, 1.807) is 0 Å². The Kier molecular flexibility index (Phi) is 5.21. The highest BCUT2D eigenvalue weighted by Gasteiger charge is 2.09. The summed E-state index contributed by atoms with van der Waals surface area (Å²) < 4.78 is 1.15. The maximum Gasteiger partial charge on any atom is 0.0422 e. The lowest BCUT2D eigenvalue weighted by molar-refractivity contribution is 0.814. The maximum atomic E-state index is 3.67. The summed E-state index contributed by atoms with van der Waals surface area (Å²) in [7, 11) is 1.96. The molecule has 2 rings (SSSR count). The van der Waals surface area contributed by atoms with Crippen LogP contribution in [0.3, 0.4) is 0 Å². The maximum absolute atomic E-state index is 3.67. The number of nitrogens with zero attached hydrogens (tertiary/aromatic N) is 1. The Balaban J connectivity index is 2.35. The average Bonchev–Trinajstić information content (AvgIpc) is 2.43. The summed E-state index contributed by atoms with van der Waals surface area (Å²) in [5, 5.41) is 3.18. The van der Waals surface area contributed by atoms with Gasteiger partial charge in [-0.1, -0.05) is 34.1 Å². The first-order valence-corrected chi connectivity index (χ1v) is 7.72. The Morgan fingerprint density at radius 3 is 2.45 bits per heavy atom. The third-order valence-electron chi connectivity index (χ3n) is 3.35. The van der Waals surface area contributed by atoms with Gasteiger partial charge in [0.25, 0.3) is 0 Å². The van der Waals surface area contributed by atoms with Crippen molar-refractivity contribution in [3.05, 3.63) is 58.1 Å². The lowest BCUT2D eigenvalue weighted by Gasteiger charge is -2.24. The quantitative estimate of drug-likeness (QED) is 0.858. The van der Waals surface area contributed by atoms with Crippen LogP contribution in [0.1, 0.15) is 18.1 Å². The van der Waals surface area contributed by atoms with Gasteiger partial charge in [0.15, 0.2) is 0 Å². The summed E-state index contributed by atoms with van der Waals surface area (Å²) in [5.41, 5.74) is 5.01. The van der Waals surface area contributed by atoms with Gasteiger partial charge >= 0.3 is 0 Å². The fourth-order valence-electron chi connectivity index (χ4n) is 2.35. The molecule has 2 aromatic carbocycles. The van der Waals surface area contributed by atoms with Crippen molar-refractivity contribution in [3.8, 4) is 0 Å². The molecule has 0 aliphatic carbocycles. The van der Waals surface area contributed by atoms with E-state index in [-0.39, 0.29) is 0 Å². The minimum Gasteiger partial charge on any atom is -0.342 e. The minimum atomic E-state index is 0.872. The van der Waals surface area contributed by atoms with Crippen LogP contribution in [0.5, 0.6) is 0 Å². The fraction of sp³-hybridized carbons (Fsp3) is 0.294. The number of hydrogen-bond donors (Lipinski definition) is 1. The van der Waals surface area contributed by atoms with Gasteiger partial charge in [0.1, 0.15) is 0 Å². The molecule has 0 saturated carbocycles. The molecule has 106 valence electrons. The number of nitrogens with one attached hydrogen (secondary N) is 1. The molecular weight excluding hydrogens is 312 g/mol. The van der Waals surface area contributed by atoms with E-state index in [0.717, 1.165) is 17.6 Å². The van der Waals surface area contributed by atoms with Gasteiger partial charge in [-0.15, -0.1) is 0 Å². The fourth-order valence-corrected chi connectivity index (χ4v) is 2.85. The van der Waals surface area contributed by atoms with Crippen molar-refractivity contribution >= 4 is 27.3 Å². The van der Waals surface area contributed by atoms with Gasteiger partial charge in [0.05, 0.1) is 0 Å². The van der Waals surface area contributed by atoms with E-state index in [0.29, 0.717) is 0 Å². The van der Waals surface area contributed by atoms with Crippen molar-refractivity contribution in [1.29, 1.82) is 0 Å². The van der Waals surface area contributed by atoms with Gasteiger partial charge < -0.3 is 10.2 Å². The number of benzene rings is 2. The van der Waals surface area contributed by atoms with E-state index in [4.69, 9.17) is 0 Å². The van der Waals surface area contributed by atoms with Gasteiger partial charge in [-0.25, -0.2) is 0 Å². The molecule has 0 amide bonds. The van der Waals surface area contributed by atoms with Gasteiger partial charge in [0, 0.05) is 28.9 Å². The second-order valence-electron chi connectivity index (χ2n) is 4.89. The monoisotopic (exact) mass is 332 g/mol. The summed E-state index contributed by atoms with van der Waals surface area (Å²) in [6.45, 7) is 6.12. The van der Waals surface area contributed by atoms with Crippen LogP contribution in [0.15, 0.2) is 46.9 Å². The Labute approximate surface area is 129 Å². The summed E-state index contributed by atoms with van der Waals surface area (Å²) in [5.74, 6) is 0. The van der Waals surface area contributed by atoms with Gasteiger partial charge in [0.2, 0.25) is 0 Å². The summed E-state index contributed by atoms with van der Waals surface area (Å²) in [6.07, 6.45) is 0. The molecule has 0 bridgehead atoms. The number of rotatable bonds is 5. The molecule has 2 aromatic rings. The molecule has 0 saturated heterocycles. The highest BCUT2D eigenvalue weighted by molar-refractivity contribution is 9.10. The summed E-state index contributed by atoms with van der Waals surface area (Å²) in [6, 6.07) is 15.2. The van der Waals surface area contributed by atoms with E-state index in [9.17, 15) is 0 Å².